The number of benzene rings is 1. The Balaban J connectivity index is 1.28. The fourth-order valence-corrected chi connectivity index (χ4v) is 6.03. The number of aromatic hydroxyl groups is 1. The number of carbonyl (C=O) groups is 1. The van der Waals surface area contributed by atoms with Crippen molar-refractivity contribution in [3.05, 3.63) is 29.3 Å². The first-order valence-electron chi connectivity index (χ1n) is 9.68. The van der Waals surface area contributed by atoms with E-state index in [1.54, 1.807) is 6.07 Å². The Hall–Kier alpha value is -1.75. The van der Waals surface area contributed by atoms with Crippen LogP contribution in [0.1, 0.15) is 55.7 Å². The fraction of sp³-hybridized carbons (Fsp3) is 0.650. The number of phenols is 1. The fourth-order valence-electron chi connectivity index (χ4n) is 6.03. The number of carbonyl (C=O) groups excluding carboxylic acids is 1. The zero-order valence-electron chi connectivity index (χ0n) is 14.5. The highest BCUT2D eigenvalue weighted by molar-refractivity contribution is 5.75. The van der Waals surface area contributed by atoms with Crippen LogP contribution in [0.3, 0.4) is 0 Å². The predicted molar refractivity (Wildman–Crippen MR) is 93.4 cm³/mol. The molecule has 2 amide bonds. The molecule has 1 aliphatic heterocycles. The molecule has 134 valence electrons. The molecule has 1 spiro atoms. The minimum Gasteiger partial charge on any atom is -0.508 e. The standard InChI is InChI=1S/C20H26N2O3/c23-16-5-3-4-12-13(16)6-7-15(12)21-19(24)22-17-14-8-11-25-18(14)20(17)9-1-2-10-20/h3-5,14-15,17-18,23H,1-2,6-11H2,(H2,21,22,24)/t14-,15+,17+,18+/m0/s1. The van der Waals surface area contributed by atoms with Gasteiger partial charge in [0.05, 0.1) is 12.1 Å². The van der Waals surface area contributed by atoms with Crippen molar-refractivity contribution in [2.45, 2.75) is 63.1 Å². The number of ether oxygens (including phenoxy) is 1. The van der Waals surface area contributed by atoms with Gasteiger partial charge in [-0.3, -0.25) is 0 Å². The maximum Gasteiger partial charge on any atom is 0.315 e. The minimum atomic E-state index is -0.0668. The summed E-state index contributed by atoms with van der Waals surface area (Å²) in [5, 5.41) is 16.4. The monoisotopic (exact) mass is 342 g/mol. The van der Waals surface area contributed by atoms with Crippen molar-refractivity contribution in [1.29, 1.82) is 0 Å². The number of phenolic OH excluding ortho intramolecular Hbond substituents is 1. The Morgan fingerprint density at radius 1 is 1.20 bits per heavy atom. The first-order valence-corrected chi connectivity index (χ1v) is 9.68. The Bertz CT molecular complexity index is 698. The number of nitrogens with one attached hydrogen (secondary N) is 2. The molecule has 4 aliphatic rings. The molecule has 25 heavy (non-hydrogen) atoms. The van der Waals surface area contributed by atoms with E-state index in [9.17, 15) is 9.90 Å². The second-order valence-electron chi connectivity index (χ2n) is 8.22. The van der Waals surface area contributed by atoms with Crippen LogP contribution in [0.2, 0.25) is 0 Å². The third-order valence-electron chi connectivity index (χ3n) is 7.12. The molecule has 5 heteroatoms. The highest BCUT2D eigenvalue weighted by Crippen LogP contribution is 2.60. The van der Waals surface area contributed by atoms with Crippen LogP contribution < -0.4 is 10.6 Å². The lowest BCUT2D eigenvalue weighted by Gasteiger charge is -2.56. The molecule has 0 aromatic heterocycles. The SMILES string of the molecule is O=C(N[C@@H]1[C@@H]2CCO[C@H]2C12CCCC2)N[C@@H]1CCc2c(O)cccc21. The van der Waals surface area contributed by atoms with Crippen LogP contribution in [0.25, 0.3) is 0 Å². The van der Waals surface area contributed by atoms with Crippen LogP contribution >= 0.6 is 0 Å². The van der Waals surface area contributed by atoms with Gasteiger partial charge in [0.25, 0.3) is 0 Å². The van der Waals surface area contributed by atoms with E-state index in [-0.39, 0.29) is 23.5 Å². The predicted octanol–water partition coefficient (Wildman–Crippen LogP) is 3.03. The second-order valence-corrected chi connectivity index (χ2v) is 8.22. The van der Waals surface area contributed by atoms with E-state index < -0.39 is 0 Å². The van der Waals surface area contributed by atoms with Gasteiger partial charge in [0.2, 0.25) is 0 Å². The van der Waals surface area contributed by atoms with E-state index in [1.807, 2.05) is 12.1 Å². The molecule has 4 atom stereocenters. The number of urea groups is 1. The summed E-state index contributed by atoms with van der Waals surface area (Å²) in [5.74, 6) is 0.834. The van der Waals surface area contributed by atoms with Crippen LogP contribution in [-0.4, -0.2) is 29.9 Å². The molecule has 5 nitrogen and oxygen atoms in total. The number of hydrogen-bond acceptors (Lipinski definition) is 3. The quantitative estimate of drug-likeness (QED) is 0.774. The second kappa shape index (κ2) is 5.63. The van der Waals surface area contributed by atoms with Crippen molar-refractivity contribution in [3.63, 3.8) is 0 Å². The van der Waals surface area contributed by atoms with Crippen LogP contribution in [-0.2, 0) is 11.2 Å². The lowest BCUT2D eigenvalue weighted by molar-refractivity contribution is -0.126. The van der Waals surface area contributed by atoms with Gasteiger partial charge in [-0.05, 0) is 49.3 Å². The van der Waals surface area contributed by atoms with Gasteiger partial charge in [0.15, 0.2) is 0 Å². The lowest BCUT2D eigenvalue weighted by atomic mass is 9.54. The molecule has 0 unspecified atom stereocenters. The Morgan fingerprint density at radius 3 is 2.88 bits per heavy atom. The molecule has 3 fully saturated rings. The maximum absolute atomic E-state index is 12.7. The van der Waals surface area contributed by atoms with Crippen molar-refractivity contribution < 1.29 is 14.6 Å². The third kappa shape index (κ3) is 2.21. The molecule has 5 rings (SSSR count). The van der Waals surface area contributed by atoms with E-state index in [2.05, 4.69) is 10.6 Å². The molecule has 3 N–H and O–H groups in total. The maximum atomic E-state index is 12.7. The van der Waals surface area contributed by atoms with Gasteiger partial charge in [-0.2, -0.15) is 0 Å². The van der Waals surface area contributed by atoms with Crippen molar-refractivity contribution in [1.82, 2.24) is 10.6 Å². The summed E-state index contributed by atoms with van der Waals surface area (Å²) in [6.45, 7) is 0.839. The van der Waals surface area contributed by atoms with Gasteiger partial charge >= 0.3 is 6.03 Å². The molecule has 0 bridgehead atoms. The van der Waals surface area contributed by atoms with Gasteiger partial charge < -0.3 is 20.5 Å². The Morgan fingerprint density at radius 2 is 2.04 bits per heavy atom. The number of amides is 2. The number of fused-ring (bicyclic) bond motifs is 3. The lowest BCUT2D eigenvalue weighted by Crippen LogP contribution is -2.69. The number of rotatable bonds is 2. The molecule has 2 saturated carbocycles. The molecular formula is C20H26N2O3. The van der Waals surface area contributed by atoms with Gasteiger partial charge in [-0.1, -0.05) is 25.0 Å². The van der Waals surface area contributed by atoms with Gasteiger partial charge in [0, 0.05) is 24.0 Å². The summed E-state index contributed by atoms with van der Waals surface area (Å²) in [7, 11) is 0. The summed E-state index contributed by atoms with van der Waals surface area (Å²) < 4.78 is 6.00. The van der Waals surface area contributed by atoms with Crippen molar-refractivity contribution in [3.8, 4) is 5.75 Å². The first-order chi connectivity index (χ1) is 12.2. The first kappa shape index (κ1) is 15.5. The number of hydrogen-bond donors (Lipinski definition) is 3. The molecule has 1 aromatic carbocycles. The van der Waals surface area contributed by atoms with Crippen LogP contribution in [0, 0.1) is 11.3 Å². The molecular weight excluding hydrogens is 316 g/mol. The van der Waals surface area contributed by atoms with E-state index in [1.165, 1.54) is 25.7 Å². The van der Waals surface area contributed by atoms with E-state index >= 15 is 0 Å². The normalized spacial score (nSPS) is 34.4. The topological polar surface area (TPSA) is 70.6 Å². The smallest absolute Gasteiger partial charge is 0.315 e. The highest BCUT2D eigenvalue weighted by Gasteiger charge is 2.65. The summed E-state index contributed by atoms with van der Waals surface area (Å²) >= 11 is 0. The van der Waals surface area contributed by atoms with E-state index in [0.717, 1.165) is 37.0 Å². The van der Waals surface area contributed by atoms with Crippen molar-refractivity contribution in [2.75, 3.05) is 6.61 Å². The molecule has 1 heterocycles. The van der Waals surface area contributed by atoms with Gasteiger partial charge in [-0.25, -0.2) is 4.79 Å². The molecule has 1 saturated heterocycles. The highest BCUT2D eigenvalue weighted by atomic mass is 16.5. The Kier molecular flexibility index (Phi) is 3.49. The largest absolute Gasteiger partial charge is 0.508 e. The zero-order valence-corrected chi connectivity index (χ0v) is 14.5. The molecule has 0 radical (unpaired) electrons. The van der Waals surface area contributed by atoms with Crippen molar-refractivity contribution in [2.24, 2.45) is 11.3 Å². The minimum absolute atomic E-state index is 0.00247. The molecule has 3 aliphatic carbocycles. The van der Waals surface area contributed by atoms with E-state index in [4.69, 9.17) is 4.74 Å². The average molecular weight is 342 g/mol. The van der Waals surface area contributed by atoms with Crippen LogP contribution in [0.4, 0.5) is 4.79 Å². The van der Waals surface area contributed by atoms with Crippen LogP contribution in [0.15, 0.2) is 18.2 Å². The summed E-state index contributed by atoms with van der Waals surface area (Å²) in [4.78, 5) is 12.7. The molecule has 1 aromatic rings. The summed E-state index contributed by atoms with van der Waals surface area (Å²) in [6, 6.07) is 5.77. The van der Waals surface area contributed by atoms with Gasteiger partial charge in [0.1, 0.15) is 5.75 Å². The summed E-state index contributed by atoms with van der Waals surface area (Å²) in [6.07, 6.45) is 7.97. The van der Waals surface area contributed by atoms with Crippen LogP contribution in [0.5, 0.6) is 5.75 Å². The van der Waals surface area contributed by atoms with Gasteiger partial charge in [-0.15, -0.1) is 0 Å². The average Bonchev–Trinajstić information content (AvgIpc) is 3.32. The third-order valence-corrected chi connectivity index (χ3v) is 7.12. The Labute approximate surface area is 148 Å². The zero-order chi connectivity index (χ0) is 17.0. The summed E-state index contributed by atoms with van der Waals surface area (Å²) in [5.41, 5.74) is 2.22. The van der Waals surface area contributed by atoms with Crippen molar-refractivity contribution >= 4 is 6.03 Å². The van der Waals surface area contributed by atoms with E-state index in [0.29, 0.717) is 17.8 Å².